The van der Waals surface area contributed by atoms with Crippen molar-refractivity contribution >= 4 is 34.5 Å². The molecule has 5 heteroatoms. The molecule has 0 aromatic heterocycles. The van der Waals surface area contributed by atoms with Crippen LogP contribution in [0.5, 0.6) is 0 Å². The van der Waals surface area contributed by atoms with Crippen LogP contribution in [0.25, 0.3) is 0 Å². The summed E-state index contributed by atoms with van der Waals surface area (Å²) < 4.78 is 0.936. The Bertz CT molecular complexity index is 365. The summed E-state index contributed by atoms with van der Waals surface area (Å²) in [6, 6.07) is 6.93. The average Bonchev–Trinajstić information content (AvgIpc) is 2.14. The van der Waals surface area contributed by atoms with Crippen molar-refractivity contribution in [3.63, 3.8) is 0 Å². The fourth-order valence-electron chi connectivity index (χ4n) is 0.888. The lowest BCUT2D eigenvalue weighted by atomic mass is 10.2. The molecule has 0 saturated heterocycles. The Hall–Kier alpha value is -1.11. The highest BCUT2D eigenvalue weighted by molar-refractivity contribution is 14.1. The van der Waals surface area contributed by atoms with Crippen LogP contribution in [0.15, 0.2) is 24.3 Å². The Balaban J connectivity index is 2.65. The molecule has 0 heterocycles. The van der Waals surface area contributed by atoms with Gasteiger partial charge in [-0.25, -0.2) is 0 Å². The van der Waals surface area contributed by atoms with Crippen molar-refractivity contribution in [2.45, 2.75) is 0 Å². The summed E-state index contributed by atoms with van der Waals surface area (Å²) in [7, 11) is 0. The summed E-state index contributed by atoms with van der Waals surface area (Å²) in [5, 5.41) is 10.6. The number of benzene rings is 1. The molecule has 1 amide bonds. The first-order valence-corrected chi connectivity index (χ1v) is 4.93. The summed E-state index contributed by atoms with van der Waals surface area (Å²) in [5.41, 5.74) is 0.471. The van der Waals surface area contributed by atoms with Gasteiger partial charge in [0.2, 0.25) is 0 Å². The van der Waals surface area contributed by atoms with Gasteiger partial charge in [-0.05, 0) is 40.8 Å². The molecule has 74 valence electrons. The molecule has 0 spiro atoms. The van der Waals surface area contributed by atoms with Crippen LogP contribution in [0.2, 0.25) is 0 Å². The number of nitrogens with one attached hydrogen (secondary N) is 1. The first-order chi connectivity index (χ1) is 6.59. The second-order valence-electron chi connectivity index (χ2n) is 2.59. The minimum atomic E-state index is -1.05. The summed E-state index contributed by atoms with van der Waals surface area (Å²) in [6.07, 6.45) is 0. The van der Waals surface area contributed by atoms with E-state index in [9.17, 15) is 9.59 Å². The van der Waals surface area contributed by atoms with Crippen LogP contribution in [0, 0.1) is 3.57 Å². The van der Waals surface area contributed by atoms with Crippen molar-refractivity contribution in [1.82, 2.24) is 5.32 Å². The number of amides is 1. The minimum absolute atomic E-state index is 0.357. The van der Waals surface area contributed by atoms with Gasteiger partial charge in [-0.3, -0.25) is 9.59 Å². The van der Waals surface area contributed by atoms with E-state index in [-0.39, 0.29) is 12.5 Å². The Morgan fingerprint density at radius 3 is 2.71 bits per heavy atom. The molecule has 1 rings (SSSR count). The minimum Gasteiger partial charge on any atom is -0.480 e. The number of aliphatic carboxylic acids is 1. The monoisotopic (exact) mass is 305 g/mol. The number of carboxylic acid groups (broad SMARTS) is 1. The molecular weight excluding hydrogens is 297 g/mol. The molecule has 2 N–H and O–H groups in total. The highest BCUT2D eigenvalue weighted by Gasteiger charge is 2.06. The first kappa shape index (κ1) is 11.0. The third-order valence-electron chi connectivity index (χ3n) is 1.49. The van der Waals surface area contributed by atoms with Gasteiger partial charge < -0.3 is 10.4 Å². The maximum absolute atomic E-state index is 11.3. The van der Waals surface area contributed by atoms with E-state index >= 15 is 0 Å². The topological polar surface area (TPSA) is 66.4 Å². The van der Waals surface area contributed by atoms with Crippen molar-refractivity contribution < 1.29 is 14.7 Å². The molecule has 1 aromatic rings. The molecule has 0 aliphatic heterocycles. The Morgan fingerprint density at radius 1 is 1.43 bits per heavy atom. The Labute approximate surface area is 94.5 Å². The lowest BCUT2D eigenvalue weighted by Gasteiger charge is -2.02. The number of carbonyl (C=O) groups excluding carboxylic acids is 1. The molecule has 0 radical (unpaired) electrons. The zero-order valence-corrected chi connectivity index (χ0v) is 9.32. The molecule has 0 fully saturated rings. The van der Waals surface area contributed by atoms with Crippen LogP contribution in [-0.2, 0) is 4.79 Å². The van der Waals surface area contributed by atoms with Gasteiger partial charge in [0.15, 0.2) is 0 Å². The second-order valence-corrected chi connectivity index (χ2v) is 3.83. The molecule has 14 heavy (non-hydrogen) atoms. The zero-order valence-electron chi connectivity index (χ0n) is 7.16. The molecule has 4 nitrogen and oxygen atoms in total. The van der Waals surface area contributed by atoms with Crippen LogP contribution >= 0.6 is 22.6 Å². The van der Waals surface area contributed by atoms with Gasteiger partial charge in [-0.15, -0.1) is 0 Å². The van der Waals surface area contributed by atoms with Crippen molar-refractivity contribution in [2.24, 2.45) is 0 Å². The van der Waals surface area contributed by atoms with Gasteiger partial charge in [-0.2, -0.15) is 0 Å². The smallest absolute Gasteiger partial charge is 0.322 e. The van der Waals surface area contributed by atoms with Gasteiger partial charge in [0.1, 0.15) is 6.54 Å². The van der Waals surface area contributed by atoms with E-state index < -0.39 is 5.97 Å². The van der Waals surface area contributed by atoms with Crippen molar-refractivity contribution in [3.8, 4) is 0 Å². The number of halogens is 1. The Morgan fingerprint density at radius 2 is 2.14 bits per heavy atom. The summed E-state index contributed by atoms with van der Waals surface area (Å²) in [5.74, 6) is -1.42. The van der Waals surface area contributed by atoms with Crippen LogP contribution in [0.3, 0.4) is 0 Å². The molecule has 0 bridgehead atoms. The van der Waals surface area contributed by atoms with E-state index in [0.717, 1.165) is 3.57 Å². The maximum atomic E-state index is 11.3. The number of rotatable bonds is 3. The first-order valence-electron chi connectivity index (χ1n) is 3.85. The van der Waals surface area contributed by atoms with E-state index in [4.69, 9.17) is 5.11 Å². The van der Waals surface area contributed by atoms with Crippen LogP contribution in [0.1, 0.15) is 10.4 Å². The van der Waals surface area contributed by atoms with E-state index in [0.29, 0.717) is 5.56 Å². The van der Waals surface area contributed by atoms with Crippen LogP contribution < -0.4 is 5.32 Å². The summed E-state index contributed by atoms with van der Waals surface area (Å²) in [6.45, 7) is -0.357. The molecule has 1 aromatic carbocycles. The predicted octanol–water partition coefficient (Wildman–Crippen LogP) is 1.11. The number of hydrogen-bond acceptors (Lipinski definition) is 2. The highest BCUT2D eigenvalue weighted by Crippen LogP contribution is 2.07. The average molecular weight is 305 g/mol. The molecule has 0 saturated carbocycles. The van der Waals surface area contributed by atoms with E-state index in [1.165, 1.54) is 0 Å². The fourth-order valence-corrected chi connectivity index (χ4v) is 1.43. The quantitative estimate of drug-likeness (QED) is 0.822. The van der Waals surface area contributed by atoms with E-state index in [1.807, 2.05) is 6.07 Å². The third-order valence-corrected chi connectivity index (χ3v) is 2.16. The van der Waals surface area contributed by atoms with Crippen molar-refractivity contribution in [3.05, 3.63) is 33.4 Å². The lowest BCUT2D eigenvalue weighted by Crippen LogP contribution is -2.29. The largest absolute Gasteiger partial charge is 0.480 e. The number of carboxylic acids is 1. The summed E-state index contributed by atoms with van der Waals surface area (Å²) in [4.78, 5) is 21.5. The van der Waals surface area contributed by atoms with Gasteiger partial charge in [0.05, 0.1) is 0 Å². The zero-order chi connectivity index (χ0) is 10.6. The summed E-state index contributed by atoms with van der Waals surface area (Å²) >= 11 is 2.08. The normalized spacial score (nSPS) is 9.50. The van der Waals surface area contributed by atoms with Gasteiger partial charge in [-0.1, -0.05) is 6.07 Å². The maximum Gasteiger partial charge on any atom is 0.322 e. The fraction of sp³-hybridized carbons (Fsp3) is 0.111. The van der Waals surface area contributed by atoms with Crippen LogP contribution in [-0.4, -0.2) is 23.5 Å². The number of hydrogen-bond donors (Lipinski definition) is 2. The van der Waals surface area contributed by atoms with Gasteiger partial charge >= 0.3 is 5.97 Å². The Kier molecular flexibility index (Phi) is 3.87. The molecule has 0 unspecified atom stereocenters. The van der Waals surface area contributed by atoms with E-state index in [1.54, 1.807) is 18.2 Å². The van der Waals surface area contributed by atoms with Gasteiger partial charge in [0, 0.05) is 9.13 Å². The van der Waals surface area contributed by atoms with E-state index in [2.05, 4.69) is 27.9 Å². The van der Waals surface area contributed by atoms with Gasteiger partial charge in [0.25, 0.3) is 5.91 Å². The highest BCUT2D eigenvalue weighted by atomic mass is 127. The molecule has 0 aliphatic rings. The predicted molar refractivity (Wildman–Crippen MR) is 59.1 cm³/mol. The second kappa shape index (κ2) is 4.94. The van der Waals surface area contributed by atoms with Crippen LogP contribution in [0.4, 0.5) is 0 Å². The SMILES string of the molecule is O=C(O)CNC(=O)c1cccc(I)c1. The van der Waals surface area contributed by atoms with Crippen molar-refractivity contribution in [1.29, 1.82) is 0 Å². The standard InChI is InChI=1S/C9H8INO3/c10-7-3-1-2-6(4-7)9(14)11-5-8(12)13/h1-4H,5H2,(H,11,14)(H,12,13). The molecule has 0 aliphatic carbocycles. The molecule has 0 atom stereocenters. The lowest BCUT2D eigenvalue weighted by molar-refractivity contribution is -0.135. The number of carbonyl (C=O) groups is 2. The third kappa shape index (κ3) is 3.33. The van der Waals surface area contributed by atoms with Crippen molar-refractivity contribution in [2.75, 3.05) is 6.54 Å². The molecular formula is C9H8INO3.